The minimum atomic E-state index is 0.511. The Labute approximate surface area is 118 Å². The molecule has 3 nitrogen and oxygen atoms in total. The maximum Gasteiger partial charge on any atom is 0.146 e. The number of ether oxygens (including phenoxy) is 2. The fourth-order valence-corrected chi connectivity index (χ4v) is 2.60. The molecule has 2 aromatic carbocycles. The largest absolute Gasteiger partial charge is 0.497 e. The number of rotatable bonds is 3. The molecule has 20 heavy (non-hydrogen) atoms. The molecule has 3 heteroatoms. The van der Waals surface area contributed by atoms with Gasteiger partial charge in [0.1, 0.15) is 11.5 Å². The monoisotopic (exact) mass is 269 g/mol. The van der Waals surface area contributed by atoms with Crippen molar-refractivity contribution in [3.05, 3.63) is 35.9 Å². The summed E-state index contributed by atoms with van der Waals surface area (Å²) in [5, 5.41) is 2.35. The van der Waals surface area contributed by atoms with Crippen LogP contribution in [0.5, 0.6) is 11.5 Å². The number of aromatic nitrogens is 1. The van der Waals surface area contributed by atoms with Crippen LogP contribution in [0.4, 0.5) is 0 Å². The molecular weight excluding hydrogens is 250 g/mol. The van der Waals surface area contributed by atoms with E-state index in [1.165, 1.54) is 10.9 Å². The van der Waals surface area contributed by atoms with Gasteiger partial charge in [-0.05, 0) is 29.7 Å². The van der Waals surface area contributed by atoms with Gasteiger partial charge in [0.15, 0.2) is 0 Å². The Morgan fingerprint density at radius 3 is 2.40 bits per heavy atom. The standard InChI is InChI=1S/C17H19NO2/c1-10(2)11-5-6-15-13(7-11)14-8-12(19-3)9-16(20-4)17(14)18-15/h5-10,18H,1-4H3. The van der Waals surface area contributed by atoms with Gasteiger partial charge in [-0.3, -0.25) is 0 Å². The van der Waals surface area contributed by atoms with Gasteiger partial charge in [-0.25, -0.2) is 0 Å². The smallest absolute Gasteiger partial charge is 0.146 e. The van der Waals surface area contributed by atoms with Crippen LogP contribution < -0.4 is 9.47 Å². The van der Waals surface area contributed by atoms with Crippen molar-refractivity contribution < 1.29 is 9.47 Å². The Bertz CT molecular complexity index is 771. The highest BCUT2D eigenvalue weighted by molar-refractivity contribution is 6.10. The van der Waals surface area contributed by atoms with Gasteiger partial charge in [0.05, 0.1) is 19.7 Å². The first-order valence-corrected chi connectivity index (χ1v) is 6.81. The summed E-state index contributed by atoms with van der Waals surface area (Å²) in [7, 11) is 3.36. The molecule has 104 valence electrons. The summed E-state index contributed by atoms with van der Waals surface area (Å²) in [6.07, 6.45) is 0. The molecule has 0 saturated carbocycles. The summed E-state index contributed by atoms with van der Waals surface area (Å²) in [5.41, 5.74) is 3.47. The van der Waals surface area contributed by atoms with Crippen LogP contribution in [0.15, 0.2) is 30.3 Å². The lowest BCUT2D eigenvalue weighted by molar-refractivity contribution is 0.397. The van der Waals surface area contributed by atoms with Gasteiger partial charge in [0, 0.05) is 22.4 Å². The third-order valence-electron chi connectivity index (χ3n) is 3.79. The molecule has 1 heterocycles. The second kappa shape index (κ2) is 4.75. The Kier molecular flexibility index (Phi) is 3.05. The van der Waals surface area contributed by atoms with E-state index in [1.807, 2.05) is 6.07 Å². The van der Waals surface area contributed by atoms with Crippen LogP contribution in [-0.2, 0) is 0 Å². The number of nitrogens with one attached hydrogen (secondary N) is 1. The zero-order valence-corrected chi connectivity index (χ0v) is 12.3. The average molecular weight is 269 g/mol. The van der Waals surface area contributed by atoms with E-state index >= 15 is 0 Å². The summed E-state index contributed by atoms with van der Waals surface area (Å²) >= 11 is 0. The Balaban J connectivity index is 2.38. The summed E-state index contributed by atoms with van der Waals surface area (Å²) in [4.78, 5) is 3.43. The lowest BCUT2D eigenvalue weighted by atomic mass is 10.0. The van der Waals surface area contributed by atoms with Gasteiger partial charge in [-0.2, -0.15) is 0 Å². The number of benzene rings is 2. The van der Waals surface area contributed by atoms with Crippen molar-refractivity contribution in [1.82, 2.24) is 4.98 Å². The van der Waals surface area contributed by atoms with E-state index in [4.69, 9.17) is 9.47 Å². The molecule has 1 N–H and O–H groups in total. The fraction of sp³-hybridized carbons (Fsp3) is 0.294. The number of hydrogen-bond donors (Lipinski definition) is 1. The predicted octanol–water partition coefficient (Wildman–Crippen LogP) is 4.46. The van der Waals surface area contributed by atoms with Crippen LogP contribution in [0.3, 0.4) is 0 Å². The second-order valence-corrected chi connectivity index (χ2v) is 5.34. The lowest BCUT2D eigenvalue weighted by Crippen LogP contribution is -1.88. The van der Waals surface area contributed by atoms with Gasteiger partial charge in [0.25, 0.3) is 0 Å². The van der Waals surface area contributed by atoms with E-state index in [9.17, 15) is 0 Å². The molecule has 3 aromatic rings. The lowest BCUT2D eigenvalue weighted by Gasteiger charge is -2.06. The van der Waals surface area contributed by atoms with E-state index in [1.54, 1.807) is 14.2 Å². The maximum atomic E-state index is 5.47. The molecule has 1 aromatic heterocycles. The number of aromatic amines is 1. The molecule has 0 aliphatic heterocycles. The molecule has 0 atom stereocenters. The normalized spacial score (nSPS) is 11.4. The van der Waals surface area contributed by atoms with Crippen molar-refractivity contribution in [3.8, 4) is 11.5 Å². The third kappa shape index (κ3) is 1.90. The highest BCUT2D eigenvalue weighted by Gasteiger charge is 2.12. The topological polar surface area (TPSA) is 34.2 Å². The van der Waals surface area contributed by atoms with E-state index < -0.39 is 0 Å². The summed E-state index contributed by atoms with van der Waals surface area (Å²) in [5.74, 6) is 2.13. The molecule has 0 amide bonds. The van der Waals surface area contributed by atoms with Crippen molar-refractivity contribution in [1.29, 1.82) is 0 Å². The molecule has 0 bridgehead atoms. The molecule has 0 spiro atoms. The highest BCUT2D eigenvalue weighted by atomic mass is 16.5. The first-order chi connectivity index (χ1) is 9.63. The molecule has 3 rings (SSSR count). The molecule has 0 saturated heterocycles. The van der Waals surface area contributed by atoms with Gasteiger partial charge < -0.3 is 14.5 Å². The number of methoxy groups -OCH3 is 2. The van der Waals surface area contributed by atoms with Gasteiger partial charge in [-0.15, -0.1) is 0 Å². The Hall–Kier alpha value is -2.16. The van der Waals surface area contributed by atoms with E-state index in [2.05, 4.69) is 43.1 Å². The third-order valence-corrected chi connectivity index (χ3v) is 3.79. The fourth-order valence-electron chi connectivity index (χ4n) is 2.60. The first-order valence-electron chi connectivity index (χ1n) is 6.81. The minimum absolute atomic E-state index is 0.511. The highest BCUT2D eigenvalue weighted by Crippen LogP contribution is 2.36. The van der Waals surface area contributed by atoms with Crippen LogP contribution in [-0.4, -0.2) is 19.2 Å². The number of fused-ring (bicyclic) bond motifs is 3. The van der Waals surface area contributed by atoms with Gasteiger partial charge in [0.2, 0.25) is 0 Å². The quantitative estimate of drug-likeness (QED) is 0.761. The van der Waals surface area contributed by atoms with Gasteiger partial charge >= 0.3 is 0 Å². The molecule has 0 fully saturated rings. The maximum absolute atomic E-state index is 5.47. The van der Waals surface area contributed by atoms with E-state index in [-0.39, 0.29) is 0 Å². The molecule has 0 aliphatic carbocycles. The minimum Gasteiger partial charge on any atom is -0.497 e. The SMILES string of the molecule is COc1cc(OC)c2[nH]c3ccc(C(C)C)cc3c2c1. The Morgan fingerprint density at radius 2 is 1.75 bits per heavy atom. The van der Waals surface area contributed by atoms with Crippen LogP contribution in [0.1, 0.15) is 25.3 Å². The van der Waals surface area contributed by atoms with Crippen molar-refractivity contribution >= 4 is 21.8 Å². The average Bonchev–Trinajstić information content (AvgIpc) is 2.83. The summed E-state index contributed by atoms with van der Waals surface area (Å²) in [6, 6.07) is 10.5. The zero-order valence-electron chi connectivity index (χ0n) is 12.3. The van der Waals surface area contributed by atoms with Crippen LogP contribution in [0.25, 0.3) is 21.8 Å². The van der Waals surface area contributed by atoms with E-state index in [0.29, 0.717) is 5.92 Å². The van der Waals surface area contributed by atoms with Crippen molar-refractivity contribution in [2.24, 2.45) is 0 Å². The van der Waals surface area contributed by atoms with E-state index in [0.717, 1.165) is 27.9 Å². The predicted molar refractivity (Wildman–Crippen MR) is 83.0 cm³/mol. The first kappa shape index (κ1) is 12.9. The van der Waals surface area contributed by atoms with Crippen molar-refractivity contribution in [2.45, 2.75) is 19.8 Å². The number of hydrogen-bond acceptors (Lipinski definition) is 2. The van der Waals surface area contributed by atoms with Crippen molar-refractivity contribution in [3.63, 3.8) is 0 Å². The van der Waals surface area contributed by atoms with Crippen LogP contribution in [0, 0.1) is 0 Å². The van der Waals surface area contributed by atoms with Crippen LogP contribution >= 0.6 is 0 Å². The Morgan fingerprint density at radius 1 is 0.950 bits per heavy atom. The summed E-state index contributed by atoms with van der Waals surface area (Å²) in [6.45, 7) is 4.41. The number of H-pyrrole nitrogens is 1. The zero-order chi connectivity index (χ0) is 14.3. The van der Waals surface area contributed by atoms with Crippen LogP contribution in [0.2, 0.25) is 0 Å². The molecule has 0 radical (unpaired) electrons. The molecule has 0 aliphatic rings. The molecular formula is C17H19NO2. The summed E-state index contributed by atoms with van der Waals surface area (Å²) < 4.78 is 10.8. The van der Waals surface area contributed by atoms with Gasteiger partial charge in [-0.1, -0.05) is 19.9 Å². The van der Waals surface area contributed by atoms with Crippen molar-refractivity contribution in [2.75, 3.05) is 14.2 Å². The second-order valence-electron chi connectivity index (χ2n) is 5.34. The molecule has 0 unspecified atom stereocenters.